The summed E-state index contributed by atoms with van der Waals surface area (Å²) in [5.74, 6) is 1.17. The average Bonchev–Trinajstić information content (AvgIpc) is 3.02. The van der Waals surface area contributed by atoms with E-state index in [9.17, 15) is 0 Å². The number of hydrogen-bond acceptors (Lipinski definition) is 3. The highest BCUT2D eigenvalue weighted by molar-refractivity contribution is 14.0. The van der Waals surface area contributed by atoms with E-state index in [1.165, 1.54) is 103 Å². The Labute approximate surface area is 190 Å². The van der Waals surface area contributed by atoms with Crippen LogP contribution < -0.4 is 5.32 Å². The van der Waals surface area contributed by atoms with Gasteiger partial charge in [-0.25, -0.2) is 0 Å². The van der Waals surface area contributed by atoms with Gasteiger partial charge in [0.25, 0.3) is 0 Å². The molecule has 0 radical (unpaired) electrons. The summed E-state index contributed by atoms with van der Waals surface area (Å²) in [7, 11) is 2.24. The van der Waals surface area contributed by atoms with Gasteiger partial charge in [0, 0.05) is 39.3 Å². The highest BCUT2D eigenvalue weighted by atomic mass is 127. The van der Waals surface area contributed by atoms with Crippen molar-refractivity contribution in [1.29, 1.82) is 0 Å². The zero-order valence-electron chi connectivity index (χ0n) is 18.4. The molecule has 0 amide bonds. The number of likely N-dealkylation sites (N-methyl/N-ethyl adjacent to an activating group) is 1. The molecule has 164 valence electrons. The third-order valence-electron chi connectivity index (χ3n) is 6.95. The lowest BCUT2D eigenvalue weighted by atomic mass is 9.74. The Hall–Kier alpha value is -0.0800. The number of likely N-dealkylation sites (tertiary alicyclic amines) is 1. The molecule has 2 saturated heterocycles. The number of nitrogens with zero attached hydrogens (tertiary/aromatic N) is 4. The summed E-state index contributed by atoms with van der Waals surface area (Å²) in [5.41, 5.74) is 0.570. The molecule has 0 aromatic rings. The molecule has 3 fully saturated rings. The van der Waals surface area contributed by atoms with Crippen molar-refractivity contribution in [2.24, 2.45) is 10.4 Å². The number of piperidine rings is 1. The summed E-state index contributed by atoms with van der Waals surface area (Å²) in [4.78, 5) is 12.7. The molecule has 0 unspecified atom stereocenters. The lowest BCUT2D eigenvalue weighted by Crippen LogP contribution is -2.50. The van der Waals surface area contributed by atoms with Gasteiger partial charge in [0.2, 0.25) is 0 Å². The van der Waals surface area contributed by atoms with Crippen molar-refractivity contribution >= 4 is 29.9 Å². The second-order valence-electron chi connectivity index (χ2n) is 9.17. The summed E-state index contributed by atoms with van der Waals surface area (Å²) in [6.45, 7) is 12.4. The van der Waals surface area contributed by atoms with E-state index in [4.69, 9.17) is 4.99 Å². The molecular formula is C22H44IN5. The maximum Gasteiger partial charge on any atom is 0.193 e. The first-order valence-electron chi connectivity index (χ1n) is 11.6. The first-order chi connectivity index (χ1) is 13.2. The van der Waals surface area contributed by atoms with Crippen LogP contribution in [0.15, 0.2) is 4.99 Å². The SMILES string of the molecule is CCNC(=NCCN1CCCN(C)CC1)N1CCCC2(CCCCCC2)C1.I. The molecule has 3 aliphatic rings. The molecule has 0 aromatic heterocycles. The topological polar surface area (TPSA) is 34.1 Å². The van der Waals surface area contributed by atoms with E-state index in [0.29, 0.717) is 5.41 Å². The van der Waals surface area contributed by atoms with Crippen LogP contribution in [0.2, 0.25) is 0 Å². The molecule has 6 heteroatoms. The minimum Gasteiger partial charge on any atom is -0.357 e. The maximum atomic E-state index is 5.06. The zero-order valence-corrected chi connectivity index (χ0v) is 20.8. The van der Waals surface area contributed by atoms with Gasteiger partial charge in [-0.05, 0) is 64.6 Å². The van der Waals surface area contributed by atoms with Gasteiger partial charge in [0.15, 0.2) is 5.96 Å². The van der Waals surface area contributed by atoms with E-state index < -0.39 is 0 Å². The fourth-order valence-corrected chi connectivity index (χ4v) is 5.32. The van der Waals surface area contributed by atoms with E-state index in [1.54, 1.807) is 0 Å². The second-order valence-corrected chi connectivity index (χ2v) is 9.17. The third-order valence-corrected chi connectivity index (χ3v) is 6.95. The van der Waals surface area contributed by atoms with Crippen molar-refractivity contribution in [2.45, 2.75) is 64.7 Å². The Kier molecular flexibility index (Phi) is 10.9. The summed E-state index contributed by atoms with van der Waals surface area (Å²) in [5, 5.41) is 3.60. The molecule has 1 aliphatic carbocycles. The van der Waals surface area contributed by atoms with Crippen LogP contribution in [0.5, 0.6) is 0 Å². The van der Waals surface area contributed by atoms with Crippen molar-refractivity contribution in [1.82, 2.24) is 20.0 Å². The van der Waals surface area contributed by atoms with Crippen LogP contribution in [0.25, 0.3) is 0 Å². The van der Waals surface area contributed by atoms with Crippen LogP contribution in [-0.2, 0) is 0 Å². The normalized spacial score (nSPS) is 25.1. The van der Waals surface area contributed by atoms with Crippen LogP contribution in [0, 0.1) is 5.41 Å². The molecule has 5 nitrogen and oxygen atoms in total. The van der Waals surface area contributed by atoms with Crippen molar-refractivity contribution in [3.8, 4) is 0 Å². The summed E-state index contributed by atoms with van der Waals surface area (Å²) < 4.78 is 0. The Morgan fingerprint density at radius 3 is 2.39 bits per heavy atom. The maximum absolute atomic E-state index is 5.06. The highest BCUT2D eigenvalue weighted by Gasteiger charge is 2.36. The van der Waals surface area contributed by atoms with Crippen LogP contribution >= 0.6 is 24.0 Å². The van der Waals surface area contributed by atoms with Gasteiger partial charge in [0.05, 0.1) is 6.54 Å². The molecule has 1 spiro atoms. The predicted octanol–water partition coefficient (Wildman–Crippen LogP) is 3.64. The Balaban J connectivity index is 0.00000280. The van der Waals surface area contributed by atoms with Gasteiger partial charge in [-0.15, -0.1) is 24.0 Å². The van der Waals surface area contributed by atoms with Gasteiger partial charge < -0.3 is 20.0 Å². The molecule has 1 saturated carbocycles. The summed E-state index contributed by atoms with van der Waals surface area (Å²) in [6, 6.07) is 0. The lowest BCUT2D eigenvalue weighted by molar-refractivity contribution is 0.115. The van der Waals surface area contributed by atoms with Crippen molar-refractivity contribution < 1.29 is 0 Å². The van der Waals surface area contributed by atoms with Gasteiger partial charge >= 0.3 is 0 Å². The third kappa shape index (κ3) is 7.31. The average molecular weight is 506 g/mol. The lowest BCUT2D eigenvalue weighted by Gasteiger charge is -2.44. The van der Waals surface area contributed by atoms with Crippen molar-refractivity contribution in [2.75, 3.05) is 66.0 Å². The Bertz CT molecular complexity index is 462. The molecule has 0 atom stereocenters. The summed E-state index contributed by atoms with van der Waals surface area (Å²) >= 11 is 0. The van der Waals surface area contributed by atoms with E-state index >= 15 is 0 Å². The number of nitrogens with one attached hydrogen (secondary N) is 1. The number of hydrogen-bond donors (Lipinski definition) is 1. The number of rotatable bonds is 4. The highest BCUT2D eigenvalue weighted by Crippen LogP contribution is 2.42. The smallest absolute Gasteiger partial charge is 0.193 e. The second kappa shape index (κ2) is 12.6. The monoisotopic (exact) mass is 505 g/mol. The van der Waals surface area contributed by atoms with E-state index in [1.807, 2.05) is 0 Å². The molecule has 2 aliphatic heterocycles. The fraction of sp³-hybridized carbons (Fsp3) is 0.955. The first-order valence-corrected chi connectivity index (χ1v) is 11.6. The molecule has 2 heterocycles. The van der Waals surface area contributed by atoms with Gasteiger partial charge in [-0.3, -0.25) is 4.99 Å². The minimum atomic E-state index is 0. The quantitative estimate of drug-likeness (QED) is 0.360. The largest absolute Gasteiger partial charge is 0.357 e. The number of guanidine groups is 1. The first kappa shape index (κ1) is 24.2. The molecular weight excluding hydrogens is 461 g/mol. The molecule has 0 bridgehead atoms. The summed E-state index contributed by atoms with van der Waals surface area (Å²) in [6.07, 6.45) is 12.7. The van der Waals surface area contributed by atoms with Crippen LogP contribution in [0.1, 0.15) is 64.7 Å². The van der Waals surface area contributed by atoms with Crippen LogP contribution in [-0.4, -0.2) is 86.6 Å². The van der Waals surface area contributed by atoms with Gasteiger partial charge in [-0.1, -0.05) is 25.7 Å². The Morgan fingerprint density at radius 2 is 1.64 bits per heavy atom. The van der Waals surface area contributed by atoms with Gasteiger partial charge in [0.1, 0.15) is 0 Å². The molecule has 0 aromatic carbocycles. The van der Waals surface area contributed by atoms with Crippen molar-refractivity contribution in [3.05, 3.63) is 0 Å². The molecule has 1 N–H and O–H groups in total. The van der Waals surface area contributed by atoms with Crippen LogP contribution in [0.4, 0.5) is 0 Å². The van der Waals surface area contributed by atoms with E-state index in [2.05, 4.69) is 34.0 Å². The van der Waals surface area contributed by atoms with Crippen LogP contribution in [0.3, 0.4) is 0 Å². The number of aliphatic imine (C=N–C) groups is 1. The van der Waals surface area contributed by atoms with E-state index in [-0.39, 0.29) is 24.0 Å². The standard InChI is InChI=1S/C22H43N5.HI/c1-3-23-21(24-13-17-26-15-9-14-25(2)18-19-26)27-16-8-12-22(20-27)10-6-4-5-7-11-22;/h3-20H2,1-2H3,(H,23,24);1H. The van der Waals surface area contributed by atoms with E-state index in [0.717, 1.165) is 19.6 Å². The number of halogens is 1. The fourth-order valence-electron chi connectivity index (χ4n) is 5.32. The molecule has 28 heavy (non-hydrogen) atoms. The van der Waals surface area contributed by atoms with Gasteiger partial charge in [-0.2, -0.15) is 0 Å². The Morgan fingerprint density at radius 1 is 0.893 bits per heavy atom. The van der Waals surface area contributed by atoms with Crippen molar-refractivity contribution in [3.63, 3.8) is 0 Å². The predicted molar refractivity (Wildman–Crippen MR) is 131 cm³/mol. The molecule has 3 rings (SSSR count). The zero-order chi connectivity index (χ0) is 19.0. The minimum absolute atomic E-state index is 0.